The summed E-state index contributed by atoms with van der Waals surface area (Å²) >= 11 is 0. The summed E-state index contributed by atoms with van der Waals surface area (Å²) in [5, 5.41) is 8.92. The molecular weight excluding hydrogens is 164 g/mol. The molecule has 2 bridgehead atoms. The lowest BCUT2D eigenvalue weighted by Crippen LogP contribution is -2.65. The Morgan fingerprint density at radius 3 is 2.23 bits per heavy atom. The van der Waals surface area contributed by atoms with Crippen LogP contribution in [0.3, 0.4) is 0 Å². The number of hydrogen-bond acceptors (Lipinski definition) is 3. The molecule has 4 unspecified atom stereocenters. The Labute approximate surface area is 80.3 Å². The minimum Gasteiger partial charge on any atom is -0.396 e. The third-order valence-electron chi connectivity index (χ3n) is 3.53. The van der Waals surface area contributed by atoms with Crippen molar-refractivity contribution in [3.63, 3.8) is 0 Å². The third kappa shape index (κ3) is 1.73. The predicted octanol–water partition coefficient (Wildman–Crippen LogP) is 0.147. The van der Waals surface area contributed by atoms with Crippen LogP contribution in [0.2, 0.25) is 0 Å². The van der Waals surface area contributed by atoms with E-state index in [4.69, 9.17) is 5.11 Å². The van der Waals surface area contributed by atoms with E-state index in [2.05, 4.69) is 16.7 Å². The second kappa shape index (κ2) is 3.95. The predicted molar refractivity (Wildman–Crippen MR) is 52.7 cm³/mol. The molecule has 0 saturated carbocycles. The molecule has 3 aliphatic heterocycles. The molecule has 4 atom stereocenters. The topological polar surface area (TPSA) is 26.7 Å². The smallest absolute Gasteiger partial charge is 0.0446 e. The van der Waals surface area contributed by atoms with Gasteiger partial charge in [-0.25, -0.2) is 0 Å². The molecule has 13 heavy (non-hydrogen) atoms. The maximum atomic E-state index is 8.92. The van der Waals surface area contributed by atoms with Gasteiger partial charge in [0.05, 0.1) is 0 Å². The van der Waals surface area contributed by atoms with E-state index in [0.717, 1.165) is 12.5 Å². The summed E-state index contributed by atoms with van der Waals surface area (Å²) in [4.78, 5) is 5.16. The number of nitrogens with zero attached hydrogens (tertiary/aromatic N) is 2. The van der Waals surface area contributed by atoms with Crippen molar-refractivity contribution >= 4 is 0 Å². The van der Waals surface area contributed by atoms with Crippen LogP contribution in [0.5, 0.6) is 0 Å². The van der Waals surface area contributed by atoms with Crippen molar-refractivity contribution < 1.29 is 5.11 Å². The van der Waals surface area contributed by atoms with E-state index in [1.807, 2.05) is 0 Å². The number of hydrogen-bond donors (Lipinski definition) is 1. The molecule has 0 radical (unpaired) electrons. The van der Waals surface area contributed by atoms with Crippen LogP contribution in [-0.2, 0) is 0 Å². The Bertz CT molecular complexity index is 172. The van der Waals surface area contributed by atoms with Gasteiger partial charge in [0.25, 0.3) is 0 Å². The lowest BCUT2D eigenvalue weighted by atomic mass is 9.99. The van der Waals surface area contributed by atoms with Crippen molar-refractivity contribution in [1.82, 2.24) is 9.80 Å². The molecule has 3 heterocycles. The first-order valence-corrected chi connectivity index (χ1v) is 5.44. The number of rotatable bonds is 3. The highest BCUT2D eigenvalue weighted by molar-refractivity contribution is 4.93. The zero-order valence-corrected chi connectivity index (χ0v) is 8.45. The molecular formula is C10H20N2O. The van der Waals surface area contributed by atoms with Crippen LogP contribution >= 0.6 is 0 Å². The molecule has 3 rings (SSSR count). The fourth-order valence-corrected chi connectivity index (χ4v) is 2.69. The molecule has 3 saturated heterocycles. The largest absolute Gasteiger partial charge is 0.396 e. The van der Waals surface area contributed by atoms with E-state index in [1.165, 1.54) is 32.6 Å². The first-order chi connectivity index (χ1) is 6.35. The van der Waals surface area contributed by atoms with Gasteiger partial charge < -0.3 is 5.11 Å². The van der Waals surface area contributed by atoms with Crippen molar-refractivity contribution in [2.75, 3.05) is 32.8 Å². The van der Waals surface area contributed by atoms with Crippen LogP contribution in [0.4, 0.5) is 0 Å². The van der Waals surface area contributed by atoms with Crippen molar-refractivity contribution in [2.24, 2.45) is 0 Å². The van der Waals surface area contributed by atoms with Gasteiger partial charge in [0.1, 0.15) is 0 Å². The Balaban J connectivity index is 1.95. The average molecular weight is 184 g/mol. The van der Waals surface area contributed by atoms with Crippen molar-refractivity contribution in [3.8, 4) is 0 Å². The molecule has 76 valence electrons. The highest BCUT2D eigenvalue weighted by Crippen LogP contribution is 2.23. The first-order valence-electron chi connectivity index (χ1n) is 5.44. The zero-order chi connectivity index (χ0) is 9.26. The fourth-order valence-electron chi connectivity index (χ4n) is 2.69. The summed E-state index contributed by atoms with van der Waals surface area (Å²) < 4.78 is 0. The van der Waals surface area contributed by atoms with E-state index in [1.54, 1.807) is 0 Å². The molecule has 1 N–H and O–H groups in total. The van der Waals surface area contributed by atoms with Crippen LogP contribution < -0.4 is 0 Å². The highest BCUT2D eigenvalue weighted by atomic mass is 16.3. The van der Waals surface area contributed by atoms with Gasteiger partial charge in [-0.05, 0) is 12.8 Å². The van der Waals surface area contributed by atoms with E-state index >= 15 is 0 Å². The third-order valence-corrected chi connectivity index (χ3v) is 3.53. The molecule has 3 nitrogen and oxygen atoms in total. The van der Waals surface area contributed by atoms with Crippen molar-refractivity contribution in [1.29, 1.82) is 0 Å². The van der Waals surface area contributed by atoms with Gasteiger partial charge in [0.15, 0.2) is 0 Å². The molecule has 0 spiro atoms. The molecule has 0 aliphatic carbocycles. The van der Waals surface area contributed by atoms with Gasteiger partial charge in [-0.1, -0.05) is 6.92 Å². The maximum absolute atomic E-state index is 8.92. The van der Waals surface area contributed by atoms with Gasteiger partial charge in [0, 0.05) is 44.9 Å². The van der Waals surface area contributed by atoms with Crippen LogP contribution in [0.15, 0.2) is 0 Å². The molecule has 0 amide bonds. The van der Waals surface area contributed by atoms with Gasteiger partial charge in [0.2, 0.25) is 0 Å². The Hall–Kier alpha value is -0.120. The fraction of sp³-hybridized carbons (Fsp3) is 1.00. The second-order valence-electron chi connectivity index (χ2n) is 4.22. The summed E-state index contributed by atoms with van der Waals surface area (Å²) in [6.07, 6.45) is 2.22. The Kier molecular flexibility index (Phi) is 2.86. The molecule has 3 heteroatoms. The summed E-state index contributed by atoms with van der Waals surface area (Å²) in [5.41, 5.74) is 0. The standard InChI is InChI=1S/C10H20N2O/c1-2-9-7-12-5-4-11(9)8-10(12)3-6-13/h9-10,13H,2-8H2,1H3. The van der Waals surface area contributed by atoms with Crippen LogP contribution in [0, 0.1) is 0 Å². The molecule has 3 aliphatic rings. The second-order valence-corrected chi connectivity index (χ2v) is 4.22. The summed E-state index contributed by atoms with van der Waals surface area (Å²) in [6.45, 7) is 7.46. The zero-order valence-electron chi connectivity index (χ0n) is 8.45. The van der Waals surface area contributed by atoms with Crippen molar-refractivity contribution in [2.45, 2.75) is 31.8 Å². The number of piperazine rings is 3. The molecule has 3 fully saturated rings. The van der Waals surface area contributed by atoms with Crippen molar-refractivity contribution in [3.05, 3.63) is 0 Å². The molecule has 0 aromatic heterocycles. The minimum absolute atomic E-state index is 0.339. The summed E-state index contributed by atoms with van der Waals surface area (Å²) in [7, 11) is 0. The monoisotopic (exact) mass is 184 g/mol. The number of fused-ring (bicyclic) bond motifs is 3. The Morgan fingerprint density at radius 1 is 1.15 bits per heavy atom. The van der Waals surface area contributed by atoms with Gasteiger partial charge >= 0.3 is 0 Å². The van der Waals surface area contributed by atoms with Gasteiger partial charge in [-0.2, -0.15) is 0 Å². The quantitative estimate of drug-likeness (QED) is 0.676. The molecule has 0 aromatic carbocycles. The van der Waals surface area contributed by atoms with E-state index in [9.17, 15) is 0 Å². The molecule has 0 aromatic rings. The average Bonchev–Trinajstić information content (AvgIpc) is 2.19. The van der Waals surface area contributed by atoms with Gasteiger partial charge in [-0.3, -0.25) is 9.80 Å². The SMILES string of the molecule is CCC1CN2CCN1CC2CCO. The lowest BCUT2D eigenvalue weighted by molar-refractivity contribution is -0.0373. The van der Waals surface area contributed by atoms with E-state index in [0.29, 0.717) is 12.6 Å². The first kappa shape index (κ1) is 9.44. The minimum atomic E-state index is 0.339. The van der Waals surface area contributed by atoms with E-state index in [-0.39, 0.29) is 0 Å². The summed E-state index contributed by atoms with van der Waals surface area (Å²) in [5.74, 6) is 0. The normalized spacial score (nSPS) is 43.8. The van der Waals surface area contributed by atoms with Crippen LogP contribution in [0.1, 0.15) is 19.8 Å². The van der Waals surface area contributed by atoms with Crippen LogP contribution in [-0.4, -0.2) is 59.8 Å². The highest BCUT2D eigenvalue weighted by Gasteiger charge is 2.36. The van der Waals surface area contributed by atoms with Crippen LogP contribution in [0.25, 0.3) is 0 Å². The maximum Gasteiger partial charge on any atom is 0.0446 e. The lowest BCUT2D eigenvalue weighted by Gasteiger charge is -2.52. The summed E-state index contributed by atoms with van der Waals surface area (Å²) in [6, 6.07) is 1.41. The van der Waals surface area contributed by atoms with E-state index < -0.39 is 0 Å². The number of aliphatic hydroxyl groups excluding tert-OH is 1. The van der Waals surface area contributed by atoms with Gasteiger partial charge in [-0.15, -0.1) is 0 Å². The Morgan fingerprint density at radius 2 is 1.77 bits per heavy atom. The number of aliphatic hydroxyl groups is 1.